The van der Waals surface area contributed by atoms with Gasteiger partial charge in [0.2, 0.25) is 0 Å². The number of nitrogens with zero attached hydrogens (tertiary/aromatic N) is 2. The van der Waals surface area contributed by atoms with E-state index in [0.717, 1.165) is 11.5 Å². The van der Waals surface area contributed by atoms with E-state index < -0.39 is 0 Å². The van der Waals surface area contributed by atoms with Gasteiger partial charge in [0.1, 0.15) is 17.3 Å². The first kappa shape index (κ1) is 13.5. The Morgan fingerprint density at radius 1 is 1.26 bits per heavy atom. The number of hydrogen-bond acceptors (Lipinski definition) is 4. The molecule has 1 heterocycles. The molecule has 1 aromatic carbocycles. The average molecular weight is 282 g/mol. The van der Waals surface area contributed by atoms with Crippen LogP contribution in [0.4, 0.5) is 5.69 Å². The molecule has 0 saturated carbocycles. The van der Waals surface area contributed by atoms with Crippen LogP contribution in [0.1, 0.15) is 5.82 Å². The topological polar surface area (TPSA) is 48.3 Å². The van der Waals surface area contributed by atoms with Crippen molar-refractivity contribution >= 4 is 17.3 Å². The van der Waals surface area contributed by atoms with E-state index in [2.05, 4.69) is 10.3 Å². The summed E-state index contributed by atoms with van der Waals surface area (Å²) in [6, 6.07) is 3.53. The van der Waals surface area contributed by atoms with E-state index in [0.29, 0.717) is 23.1 Å². The van der Waals surface area contributed by atoms with Gasteiger partial charge in [-0.3, -0.25) is 0 Å². The van der Waals surface area contributed by atoms with E-state index in [9.17, 15) is 0 Å². The molecule has 0 radical (unpaired) electrons. The fourth-order valence-electron chi connectivity index (χ4n) is 1.74. The van der Waals surface area contributed by atoms with E-state index in [1.165, 1.54) is 0 Å². The molecule has 0 aliphatic heterocycles. The molecule has 0 aliphatic rings. The quantitative estimate of drug-likeness (QED) is 0.915. The molecule has 0 saturated heterocycles. The van der Waals surface area contributed by atoms with Crippen LogP contribution in [0.25, 0.3) is 0 Å². The minimum absolute atomic E-state index is 0.533. The third-order valence-corrected chi connectivity index (χ3v) is 3.13. The largest absolute Gasteiger partial charge is 0.495 e. The minimum atomic E-state index is 0.533. The molecule has 0 aliphatic carbocycles. The lowest BCUT2D eigenvalue weighted by Gasteiger charge is -2.13. The van der Waals surface area contributed by atoms with E-state index in [1.54, 1.807) is 32.5 Å². The Kier molecular flexibility index (Phi) is 4.16. The third-order valence-electron chi connectivity index (χ3n) is 2.83. The summed E-state index contributed by atoms with van der Waals surface area (Å²) in [6.45, 7) is 0.586. The van der Waals surface area contributed by atoms with Gasteiger partial charge in [0.25, 0.3) is 0 Å². The smallest absolute Gasteiger partial charge is 0.145 e. The molecule has 2 rings (SSSR count). The van der Waals surface area contributed by atoms with Gasteiger partial charge in [-0.1, -0.05) is 11.6 Å². The molecule has 0 spiro atoms. The second-order valence-corrected chi connectivity index (χ2v) is 4.40. The van der Waals surface area contributed by atoms with Crippen molar-refractivity contribution in [2.75, 3.05) is 19.5 Å². The highest BCUT2D eigenvalue weighted by atomic mass is 35.5. The van der Waals surface area contributed by atoms with Gasteiger partial charge in [-0.15, -0.1) is 0 Å². The highest BCUT2D eigenvalue weighted by Gasteiger charge is 2.10. The molecule has 0 fully saturated rings. The predicted molar refractivity (Wildman–Crippen MR) is 75.1 cm³/mol. The molecule has 0 bridgehead atoms. The van der Waals surface area contributed by atoms with E-state index in [-0.39, 0.29) is 0 Å². The summed E-state index contributed by atoms with van der Waals surface area (Å²) in [5.74, 6) is 2.19. The number of aromatic nitrogens is 2. The number of rotatable bonds is 5. The number of halogens is 1. The molecule has 1 N–H and O–H groups in total. The van der Waals surface area contributed by atoms with Crippen molar-refractivity contribution in [1.82, 2.24) is 9.55 Å². The predicted octanol–water partition coefficient (Wildman–Crippen LogP) is 2.70. The summed E-state index contributed by atoms with van der Waals surface area (Å²) in [6.07, 6.45) is 3.66. The zero-order chi connectivity index (χ0) is 13.8. The molecule has 1 aromatic heterocycles. The summed E-state index contributed by atoms with van der Waals surface area (Å²) >= 11 is 6.11. The summed E-state index contributed by atoms with van der Waals surface area (Å²) < 4.78 is 12.4. The maximum absolute atomic E-state index is 6.11. The van der Waals surface area contributed by atoms with Crippen molar-refractivity contribution in [1.29, 1.82) is 0 Å². The number of nitrogens with one attached hydrogen (secondary N) is 1. The number of methoxy groups -OCH3 is 2. The van der Waals surface area contributed by atoms with Crippen molar-refractivity contribution in [3.8, 4) is 11.5 Å². The van der Waals surface area contributed by atoms with Crippen LogP contribution in [-0.4, -0.2) is 23.8 Å². The first-order valence-electron chi connectivity index (χ1n) is 5.77. The van der Waals surface area contributed by atoms with Crippen LogP contribution in [0.15, 0.2) is 24.5 Å². The number of anilines is 1. The van der Waals surface area contributed by atoms with Gasteiger partial charge in [0.05, 0.1) is 31.5 Å². The van der Waals surface area contributed by atoms with Crippen LogP contribution in [0.2, 0.25) is 5.02 Å². The molecule has 0 unspecified atom stereocenters. The summed E-state index contributed by atoms with van der Waals surface area (Å²) in [7, 11) is 5.12. The fourth-order valence-corrected chi connectivity index (χ4v) is 1.98. The van der Waals surface area contributed by atoms with Crippen molar-refractivity contribution in [2.45, 2.75) is 6.54 Å². The van der Waals surface area contributed by atoms with Crippen LogP contribution < -0.4 is 14.8 Å². The lowest BCUT2D eigenvalue weighted by Crippen LogP contribution is -2.06. The van der Waals surface area contributed by atoms with Crippen molar-refractivity contribution < 1.29 is 9.47 Å². The van der Waals surface area contributed by atoms with Gasteiger partial charge in [-0.2, -0.15) is 0 Å². The van der Waals surface area contributed by atoms with Crippen LogP contribution in [-0.2, 0) is 13.6 Å². The Balaban J connectivity index is 2.20. The molecule has 6 heteroatoms. The lowest BCUT2D eigenvalue weighted by atomic mass is 10.2. The second-order valence-electron chi connectivity index (χ2n) is 3.99. The van der Waals surface area contributed by atoms with Gasteiger partial charge in [-0.25, -0.2) is 4.98 Å². The molecule has 2 aromatic rings. The molecular weight excluding hydrogens is 266 g/mol. The van der Waals surface area contributed by atoms with Crippen LogP contribution in [0.5, 0.6) is 11.5 Å². The van der Waals surface area contributed by atoms with Crippen molar-refractivity contribution in [3.63, 3.8) is 0 Å². The standard InChI is InChI=1S/C13H16ClN3O2/c1-17-5-4-15-13(17)8-16-10-6-9(14)11(18-2)7-12(10)19-3/h4-7,16H,8H2,1-3H3. The molecule has 0 atom stereocenters. The Labute approximate surface area is 117 Å². The highest BCUT2D eigenvalue weighted by molar-refractivity contribution is 6.32. The Bertz CT molecular complexity index is 569. The molecular formula is C13H16ClN3O2. The van der Waals surface area contributed by atoms with Gasteiger partial charge in [0, 0.05) is 25.5 Å². The van der Waals surface area contributed by atoms with Gasteiger partial charge in [-0.05, 0) is 6.07 Å². The normalized spacial score (nSPS) is 10.3. The van der Waals surface area contributed by atoms with Gasteiger partial charge >= 0.3 is 0 Å². The van der Waals surface area contributed by atoms with Gasteiger partial charge < -0.3 is 19.4 Å². The monoisotopic (exact) mass is 281 g/mol. The zero-order valence-electron chi connectivity index (χ0n) is 11.1. The molecule has 19 heavy (non-hydrogen) atoms. The average Bonchev–Trinajstić information content (AvgIpc) is 2.82. The van der Waals surface area contributed by atoms with Crippen molar-refractivity contribution in [2.24, 2.45) is 7.05 Å². The number of aryl methyl sites for hydroxylation is 1. The SMILES string of the molecule is COc1cc(OC)c(NCc2nccn2C)cc1Cl. The van der Waals surface area contributed by atoms with Gasteiger partial charge in [0.15, 0.2) is 0 Å². The van der Waals surface area contributed by atoms with Crippen molar-refractivity contribution in [3.05, 3.63) is 35.4 Å². The maximum Gasteiger partial charge on any atom is 0.145 e. The van der Waals surface area contributed by atoms with E-state index >= 15 is 0 Å². The van der Waals surface area contributed by atoms with Crippen LogP contribution >= 0.6 is 11.6 Å². The Hall–Kier alpha value is -1.88. The lowest BCUT2D eigenvalue weighted by molar-refractivity contribution is 0.395. The molecule has 102 valence electrons. The van der Waals surface area contributed by atoms with Crippen LogP contribution in [0, 0.1) is 0 Å². The third kappa shape index (κ3) is 2.93. The Morgan fingerprint density at radius 3 is 2.58 bits per heavy atom. The number of hydrogen-bond donors (Lipinski definition) is 1. The van der Waals surface area contributed by atoms with E-state index in [1.807, 2.05) is 17.8 Å². The summed E-state index contributed by atoms with van der Waals surface area (Å²) in [5, 5.41) is 3.78. The zero-order valence-corrected chi connectivity index (χ0v) is 11.9. The summed E-state index contributed by atoms with van der Waals surface area (Å²) in [5.41, 5.74) is 0.802. The highest BCUT2D eigenvalue weighted by Crippen LogP contribution is 2.35. The first-order chi connectivity index (χ1) is 9.15. The fraction of sp³-hybridized carbons (Fsp3) is 0.308. The first-order valence-corrected chi connectivity index (χ1v) is 6.15. The number of ether oxygens (including phenoxy) is 2. The maximum atomic E-state index is 6.11. The van der Waals surface area contributed by atoms with Crippen LogP contribution in [0.3, 0.4) is 0 Å². The molecule has 5 nitrogen and oxygen atoms in total. The number of imidazole rings is 1. The Morgan fingerprint density at radius 2 is 2.00 bits per heavy atom. The second kappa shape index (κ2) is 5.84. The minimum Gasteiger partial charge on any atom is -0.495 e. The van der Waals surface area contributed by atoms with E-state index in [4.69, 9.17) is 21.1 Å². The summed E-state index contributed by atoms with van der Waals surface area (Å²) in [4.78, 5) is 4.24. The molecule has 0 amide bonds. The number of benzene rings is 1.